The molecule has 2 fully saturated rings. The molecule has 0 saturated carbocycles. The van der Waals surface area contributed by atoms with Gasteiger partial charge in [0.25, 0.3) is 0 Å². The summed E-state index contributed by atoms with van der Waals surface area (Å²) in [6, 6.07) is -0.565. The maximum absolute atomic E-state index is 12.4. The number of carbonyl (C=O) groups is 2. The van der Waals surface area contributed by atoms with Gasteiger partial charge in [-0.2, -0.15) is 11.8 Å². The molecule has 2 amide bonds. The van der Waals surface area contributed by atoms with Gasteiger partial charge >= 0.3 is 12.0 Å². The Bertz CT molecular complexity index is 398. The van der Waals surface area contributed by atoms with Crippen molar-refractivity contribution in [1.82, 2.24) is 10.2 Å². The van der Waals surface area contributed by atoms with Crippen LogP contribution in [-0.2, 0) is 9.53 Å². The van der Waals surface area contributed by atoms with Crippen LogP contribution >= 0.6 is 11.8 Å². The number of carboxylic acid groups (broad SMARTS) is 1. The highest BCUT2D eigenvalue weighted by Gasteiger charge is 2.40. The summed E-state index contributed by atoms with van der Waals surface area (Å²) in [6.07, 6.45) is 2.29. The fourth-order valence-electron chi connectivity index (χ4n) is 2.96. The lowest BCUT2D eigenvalue weighted by atomic mass is 10.0. The van der Waals surface area contributed by atoms with Crippen LogP contribution in [0.2, 0.25) is 0 Å². The highest BCUT2D eigenvalue weighted by Crippen LogP contribution is 2.37. The first-order valence-electron chi connectivity index (χ1n) is 7.46. The minimum absolute atomic E-state index is 0.105. The average Bonchev–Trinajstić information content (AvgIpc) is 3.07. The normalized spacial score (nSPS) is 32.1. The lowest BCUT2D eigenvalue weighted by Gasteiger charge is -2.31. The fraction of sp³-hybridized carbons (Fsp3) is 0.857. The van der Waals surface area contributed by atoms with E-state index in [0.29, 0.717) is 19.7 Å². The molecule has 6 nitrogen and oxygen atoms in total. The number of nitrogens with zero attached hydrogens (tertiary/aromatic N) is 1. The molecule has 3 atom stereocenters. The van der Waals surface area contributed by atoms with E-state index in [1.54, 1.807) is 4.90 Å². The zero-order valence-corrected chi connectivity index (χ0v) is 13.4. The Kier molecular flexibility index (Phi) is 5.37. The zero-order chi connectivity index (χ0) is 15.5. The Morgan fingerprint density at radius 2 is 2.24 bits per heavy atom. The summed E-state index contributed by atoms with van der Waals surface area (Å²) in [4.78, 5) is 25.2. The molecule has 2 saturated heterocycles. The number of urea groups is 1. The number of carboxylic acids is 1. The monoisotopic (exact) mass is 316 g/mol. The Morgan fingerprint density at radius 1 is 1.48 bits per heavy atom. The second-order valence-corrected chi connectivity index (χ2v) is 7.58. The van der Waals surface area contributed by atoms with Crippen LogP contribution < -0.4 is 5.32 Å². The van der Waals surface area contributed by atoms with Gasteiger partial charge in [0.15, 0.2) is 0 Å². The molecular weight excluding hydrogens is 292 g/mol. The van der Waals surface area contributed by atoms with Gasteiger partial charge in [-0.25, -0.2) is 4.79 Å². The molecule has 7 heteroatoms. The van der Waals surface area contributed by atoms with E-state index in [1.807, 2.05) is 18.7 Å². The highest BCUT2D eigenvalue weighted by atomic mass is 32.2. The first-order chi connectivity index (χ1) is 9.97. The number of rotatable bonds is 5. The topological polar surface area (TPSA) is 78.9 Å². The highest BCUT2D eigenvalue weighted by molar-refractivity contribution is 8.00. The number of nitrogens with one attached hydrogen (secondary N) is 1. The third-order valence-corrected chi connectivity index (χ3v) is 5.82. The van der Waals surface area contributed by atoms with Crippen LogP contribution in [0, 0.1) is 5.92 Å². The van der Waals surface area contributed by atoms with Crippen molar-refractivity contribution in [3.05, 3.63) is 0 Å². The molecule has 0 aromatic heterocycles. The number of hydrogen-bond donors (Lipinski definition) is 2. The summed E-state index contributed by atoms with van der Waals surface area (Å²) in [5.74, 6) is -0.393. The largest absolute Gasteiger partial charge is 0.481 e. The maximum Gasteiger partial charge on any atom is 0.317 e. The van der Waals surface area contributed by atoms with Crippen molar-refractivity contribution in [2.24, 2.45) is 5.92 Å². The molecule has 0 bridgehead atoms. The van der Waals surface area contributed by atoms with Crippen molar-refractivity contribution in [3.8, 4) is 0 Å². The second-order valence-electron chi connectivity index (χ2n) is 5.90. The van der Waals surface area contributed by atoms with Crippen LogP contribution in [-0.4, -0.2) is 64.9 Å². The second kappa shape index (κ2) is 6.87. The summed E-state index contributed by atoms with van der Waals surface area (Å²) in [5.41, 5.74) is 0. The standard InChI is InChI=1S/C14H24N2O4S/c1-3-16(11-8-20-7-10(11)12(17)18)13(19)15-9-14(2)5-4-6-21-14/h10-11H,3-9H2,1-2H3,(H,15,19)(H,17,18). The number of aliphatic carboxylic acids is 1. The third-order valence-electron chi connectivity index (χ3n) is 4.28. The third kappa shape index (κ3) is 3.83. The van der Waals surface area contributed by atoms with E-state index in [0.717, 1.165) is 12.2 Å². The van der Waals surface area contributed by atoms with Crippen molar-refractivity contribution in [2.75, 3.05) is 32.1 Å². The van der Waals surface area contributed by atoms with Gasteiger partial charge in [0.05, 0.1) is 19.3 Å². The number of hydrogen-bond acceptors (Lipinski definition) is 4. The molecule has 120 valence electrons. The van der Waals surface area contributed by atoms with E-state index >= 15 is 0 Å². The Hall–Kier alpha value is -0.950. The van der Waals surface area contributed by atoms with Gasteiger partial charge in [0, 0.05) is 17.8 Å². The van der Waals surface area contributed by atoms with Gasteiger partial charge in [-0.05, 0) is 32.4 Å². The van der Waals surface area contributed by atoms with Crippen LogP contribution in [0.1, 0.15) is 26.7 Å². The van der Waals surface area contributed by atoms with Crippen molar-refractivity contribution in [2.45, 2.75) is 37.5 Å². The predicted octanol–water partition coefficient (Wildman–Crippen LogP) is 1.40. The van der Waals surface area contributed by atoms with Gasteiger partial charge in [-0.15, -0.1) is 0 Å². The summed E-state index contributed by atoms with van der Waals surface area (Å²) in [5, 5.41) is 12.2. The van der Waals surface area contributed by atoms with E-state index in [1.165, 1.54) is 6.42 Å². The molecule has 2 heterocycles. The molecule has 0 aliphatic carbocycles. The van der Waals surface area contributed by atoms with Crippen LogP contribution in [0.4, 0.5) is 4.79 Å². The maximum atomic E-state index is 12.4. The number of thioether (sulfide) groups is 1. The quantitative estimate of drug-likeness (QED) is 0.801. The molecule has 2 N–H and O–H groups in total. The lowest BCUT2D eigenvalue weighted by molar-refractivity contribution is -0.142. The van der Waals surface area contributed by atoms with E-state index in [4.69, 9.17) is 4.74 Å². The van der Waals surface area contributed by atoms with Crippen LogP contribution in [0.15, 0.2) is 0 Å². The first kappa shape index (κ1) is 16.4. The molecular formula is C14H24N2O4S. The van der Waals surface area contributed by atoms with E-state index < -0.39 is 11.9 Å². The summed E-state index contributed by atoms with van der Waals surface area (Å²) >= 11 is 1.89. The number of amides is 2. The summed E-state index contributed by atoms with van der Waals surface area (Å²) in [6.45, 7) is 5.61. The Labute approximate surface area is 129 Å². The zero-order valence-electron chi connectivity index (χ0n) is 12.6. The molecule has 2 aliphatic rings. The lowest BCUT2D eigenvalue weighted by Crippen LogP contribution is -2.52. The van der Waals surface area contributed by atoms with Crippen LogP contribution in [0.5, 0.6) is 0 Å². The molecule has 2 aliphatic heterocycles. The molecule has 0 aromatic rings. The number of carbonyl (C=O) groups excluding carboxylic acids is 1. The summed E-state index contributed by atoms with van der Waals surface area (Å²) in [7, 11) is 0. The molecule has 0 spiro atoms. The Morgan fingerprint density at radius 3 is 2.81 bits per heavy atom. The smallest absolute Gasteiger partial charge is 0.317 e. The number of ether oxygens (including phenoxy) is 1. The van der Waals surface area contributed by atoms with Crippen LogP contribution in [0.25, 0.3) is 0 Å². The van der Waals surface area contributed by atoms with Crippen molar-refractivity contribution >= 4 is 23.8 Å². The van der Waals surface area contributed by atoms with Crippen molar-refractivity contribution in [3.63, 3.8) is 0 Å². The van der Waals surface area contributed by atoms with E-state index in [2.05, 4.69) is 12.2 Å². The molecule has 0 radical (unpaired) electrons. The predicted molar refractivity (Wildman–Crippen MR) is 81.6 cm³/mol. The number of likely N-dealkylation sites (N-methyl/N-ethyl adjacent to an activating group) is 1. The van der Waals surface area contributed by atoms with E-state index in [9.17, 15) is 14.7 Å². The van der Waals surface area contributed by atoms with Crippen molar-refractivity contribution in [1.29, 1.82) is 0 Å². The minimum Gasteiger partial charge on any atom is -0.481 e. The first-order valence-corrected chi connectivity index (χ1v) is 8.44. The Balaban J connectivity index is 1.93. The van der Waals surface area contributed by atoms with E-state index in [-0.39, 0.29) is 23.4 Å². The molecule has 21 heavy (non-hydrogen) atoms. The van der Waals surface area contributed by atoms with Gasteiger partial charge < -0.3 is 20.1 Å². The van der Waals surface area contributed by atoms with Gasteiger partial charge in [0.1, 0.15) is 5.92 Å². The summed E-state index contributed by atoms with van der Waals surface area (Å²) < 4.78 is 5.36. The van der Waals surface area contributed by atoms with Crippen LogP contribution in [0.3, 0.4) is 0 Å². The van der Waals surface area contributed by atoms with Gasteiger partial charge in [0.2, 0.25) is 0 Å². The fourth-order valence-corrected chi connectivity index (χ4v) is 4.20. The van der Waals surface area contributed by atoms with Crippen molar-refractivity contribution < 1.29 is 19.4 Å². The minimum atomic E-state index is -0.901. The molecule has 2 rings (SSSR count). The SMILES string of the molecule is CCN(C(=O)NCC1(C)CCCS1)C1COCC1C(=O)O. The average molecular weight is 316 g/mol. The van der Waals surface area contributed by atoms with Gasteiger partial charge in [-0.1, -0.05) is 0 Å². The molecule has 3 unspecified atom stereocenters. The van der Waals surface area contributed by atoms with Gasteiger partial charge in [-0.3, -0.25) is 4.79 Å². The molecule has 0 aromatic carbocycles.